The Hall–Kier alpha value is -1.79. The van der Waals surface area contributed by atoms with Gasteiger partial charge in [-0.1, -0.05) is 12.1 Å². The predicted octanol–water partition coefficient (Wildman–Crippen LogP) is 2.87. The molecule has 6 heteroatoms. The van der Waals surface area contributed by atoms with E-state index in [-0.39, 0.29) is 0 Å². The van der Waals surface area contributed by atoms with Crippen molar-refractivity contribution in [3.05, 3.63) is 29.8 Å². The second-order valence-corrected chi connectivity index (χ2v) is 9.02. The van der Waals surface area contributed by atoms with Gasteiger partial charge in [0, 0.05) is 25.7 Å². The molecule has 0 bridgehead atoms. The average molecular weight is 414 g/mol. The van der Waals surface area contributed by atoms with Gasteiger partial charge in [-0.2, -0.15) is 0 Å². The van der Waals surface area contributed by atoms with Crippen molar-refractivity contribution in [2.45, 2.75) is 51.1 Å². The second kappa shape index (κ2) is 10.5. The van der Waals surface area contributed by atoms with E-state index >= 15 is 0 Å². The van der Waals surface area contributed by atoms with Gasteiger partial charge in [0.15, 0.2) is 5.96 Å². The minimum absolute atomic E-state index is 0.301. The van der Waals surface area contributed by atoms with E-state index in [0.717, 1.165) is 56.4 Å². The minimum Gasteiger partial charge on any atom is -0.497 e. The van der Waals surface area contributed by atoms with Gasteiger partial charge in [0.05, 0.1) is 19.7 Å². The lowest BCUT2D eigenvalue weighted by Gasteiger charge is -2.27. The van der Waals surface area contributed by atoms with Crippen LogP contribution in [0.3, 0.4) is 0 Å². The smallest absolute Gasteiger partial charge is 0.191 e. The molecule has 2 aliphatic heterocycles. The van der Waals surface area contributed by atoms with Crippen molar-refractivity contribution in [1.82, 2.24) is 20.4 Å². The summed E-state index contributed by atoms with van der Waals surface area (Å²) >= 11 is 0. The molecule has 2 N–H and O–H groups in total. The van der Waals surface area contributed by atoms with Crippen molar-refractivity contribution in [3.8, 4) is 5.75 Å². The lowest BCUT2D eigenvalue weighted by atomic mass is 10.1. The van der Waals surface area contributed by atoms with Crippen molar-refractivity contribution in [3.63, 3.8) is 0 Å². The molecule has 0 aromatic heterocycles. The van der Waals surface area contributed by atoms with Crippen LogP contribution in [0.2, 0.25) is 0 Å². The van der Waals surface area contributed by atoms with E-state index in [9.17, 15) is 0 Å². The van der Waals surface area contributed by atoms with Crippen molar-refractivity contribution >= 4 is 5.96 Å². The highest BCUT2D eigenvalue weighted by molar-refractivity contribution is 5.79. The molecule has 4 rings (SSSR count). The Morgan fingerprint density at radius 3 is 2.73 bits per heavy atom. The van der Waals surface area contributed by atoms with Crippen LogP contribution in [0.4, 0.5) is 0 Å². The highest BCUT2D eigenvalue weighted by atomic mass is 16.5. The zero-order valence-electron chi connectivity index (χ0n) is 18.8. The van der Waals surface area contributed by atoms with E-state index in [1.54, 1.807) is 7.11 Å². The number of methoxy groups -OCH3 is 1. The molecule has 1 aromatic carbocycles. The summed E-state index contributed by atoms with van der Waals surface area (Å²) in [7, 11) is 1.74. The lowest BCUT2D eigenvalue weighted by molar-refractivity contribution is 0.251. The quantitative estimate of drug-likeness (QED) is 0.482. The predicted molar refractivity (Wildman–Crippen MR) is 123 cm³/mol. The Labute approximate surface area is 182 Å². The minimum atomic E-state index is 0.301. The van der Waals surface area contributed by atoms with Crippen molar-refractivity contribution in [1.29, 1.82) is 0 Å². The molecular weight excluding hydrogens is 374 g/mol. The number of nitrogens with zero attached hydrogens (tertiary/aromatic N) is 3. The standard InChI is InChI=1S/C24H39N5O/c1-3-25-24(26-16-19-11-14-29(18-19)21-9-10-21)27-17-23(28-12-4-5-13-28)20-7-6-8-22(15-20)30-2/h6-8,15,19,21,23H,3-5,9-14,16-18H2,1-2H3,(H2,25,26,27). The van der Waals surface area contributed by atoms with Gasteiger partial charge in [-0.25, -0.2) is 0 Å². The maximum atomic E-state index is 5.47. The average Bonchev–Trinajstić information content (AvgIpc) is 3.27. The molecule has 2 saturated heterocycles. The van der Waals surface area contributed by atoms with Gasteiger partial charge in [-0.15, -0.1) is 0 Å². The molecule has 2 unspecified atom stereocenters. The number of guanidine groups is 1. The fourth-order valence-corrected chi connectivity index (χ4v) is 4.89. The van der Waals surface area contributed by atoms with Crippen LogP contribution >= 0.6 is 0 Å². The first-order chi connectivity index (χ1) is 14.8. The largest absolute Gasteiger partial charge is 0.497 e. The fraction of sp³-hybridized carbons (Fsp3) is 0.708. The molecule has 2 atom stereocenters. The molecule has 1 aromatic rings. The summed E-state index contributed by atoms with van der Waals surface area (Å²) in [6, 6.07) is 9.69. The molecule has 6 nitrogen and oxygen atoms in total. The zero-order valence-corrected chi connectivity index (χ0v) is 18.8. The van der Waals surface area contributed by atoms with E-state index in [0.29, 0.717) is 6.04 Å². The second-order valence-electron chi connectivity index (χ2n) is 9.02. The highest BCUT2D eigenvalue weighted by Gasteiger charge is 2.34. The van der Waals surface area contributed by atoms with Crippen LogP contribution in [-0.4, -0.2) is 74.7 Å². The van der Waals surface area contributed by atoms with Gasteiger partial charge in [0.25, 0.3) is 0 Å². The van der Waals surface area contributed by atoms with Crippen molar-refractivity contribution in [2.24, 2.45) is 10.9 Å². The molecular formula is C24H39N5O. The number of benzene rings is 1. The Morgan fingerprint density at radius 2 is 2.00 bits per heavy atom. The van der Waals surface area contributed by atoms with Crippen molar-refractivity contribution < 1.29 is 4.74 Å². The van der Waals surface area contributed by atoms with Gasteiger partial charge in [-0.05, 0) is 82.3 Å². The summed E-state index contributed by atoms with van der Waals surface area (Å²) in [5.74, 6) is 2.61. The van der Waals surface area contributed by atoms with Crippen molar-refractivity contribution in [2.75, 3.05) is 52.9 Å². The summed E-state index contributed by atoms with van der Waals surface area (Å²) in [6.07, 6.45) is 6.69. The van der Waals surface area contributed by atoms with Crippen LogP contribution in [0, 0.1) is 5.92 Å². The number of nitrogens with one attached hydrogen (secondary N) is 2. The first-order valence-electron chi connectivity index (χ1n) is 11.9. The maximum absolute atomic E-state index is 5.47. The number of likely N-dealkylation sites (tertiary alicyclic amines) is 2. The van der Waals surface area contributed by atoms with Crippen LogP contribution in [0.15, 0.2) is 29.3 Å². The molecule has 0 radical (unpaired) electrons. The van der Waals surface area contributed by atoms with Crippen LogP contribution in [0.5, 0.6) is 5.75 Å². The van der Waals surface area contributed by atoms with Crippen LogP contribution in [-0.2, 0) is 0 Å². The number of ether oxygens (including phenoxy) is 1. The van der Waals surface area contributed by atoms with Crippen LogP contribution in [0.1, 0.15) is 50.6 Å². The monoisotopic (exact) mass is 413 g/mol. The Bertz CT molecular complexity index is 699. The molecule has 0 spiro atoms. The third-order valence-electron chi connectivity index (χ3n) is 6.77. The summed E-state index contributed by atoms with van der Waals surface area (Å²) < 4.78 is 5.47. The van der Waals surface area contributed by atoms with Crippen LogP contribution in [0.25, 0.3) is 0 Å². The first-order valence-corrected chi connectivity index (χ1v) is 11.9. The summed E-state index contributed by atoms with van der Waals surface area (Å²) in [5.41, 5.74) is 1.30. The number of aliphatic imine (C=N–C) groups is 1. The highest BCUT2D eigenvalue weighted by Crippen LogP contribution is 2.31. The molecule has 3 fully saturated rings. The normalized spacial score (nSPS) is 24.2. The first kappa shape index (κ1) is 21.4. The lowest BCUT2D eigenvalue weighted by Crippen LogP contribution is -2.41. The number of hydrogen-bond donors (Lipinski definition) is 2. The third-order valence-corrected chi connectivity index (χ3v) is 6.77. The molecule has 30 heavy (non-hydrogen) atoms. The molecule has 1 aliphatic carbocycles. The zero-order chi connectivity index (χ0) is 20.8. The Balaban J connectivity index is 1.38. The van der Waals surface area contributed by atoms with Gasteiger partial charge in [-0.3, -0.25) is 9.89 Å². The maximum Gasteiger partial charge on any atom is 0.191 e. The fourth-order valence-electron chi connectivity index (χ4n) is 4.89. The molecule has 0 amide bonds. The molecule has 3 aliphatic rings. The topological polar surface area (TPSA) is 52.1 Å². The van der Waals surface area contributed by atoms with Gasteiger partial charge in [0.1, 0.15) is 5.75 Å². The van der Waals surface area contributed by atoms with Gasteiger partial charge < -0.3 is 20.3 Å². The summed E-state index contributed by atoms with van der Waals surface area (Å²) in [6.45, 7) is 9.64. The summed E-state index contributed by atoms with van der Waals surface area (Å²) in [5, 5.41) is 7.09. The number of rotatable bonds is 9. The van der Waals surface area contributed by atoms with E-state index in [2.05, 4.69) is 45.6 Å². The molecule has 1 saturated carbocycles. The Kier molecular flexibility index (Phi) is 7.50. The van der Waals surface area contributed by atoms with E-state index in [1.807, 2.05) is 6.07 Å². The molecule has 2 heterocycles. The van der Waals surface area contributed by atoms with E-state index < -0.39 is 0 Å². The third kappa shape index (κ3) is 5.67. The Morgan fingerprint density at radius 1 is 1.17 bits per heavy atom. The SMILES string of the molecule is CCNC(=NCC(c1cccc(OC)c1)N1CCCC1)NCC1CCN(C2CC2)C1. The number of hydrogen-bond acceptors (Lipinski definition) is 4. The van der Waals surface area contributed by atoms with E-state index in [4.69, 9.17) is 9.73 Å². The van der Waals surface area contributed by atoms with E-state index in [1.165, 1.54) is 50.8 Å². The van der Waals surface area contributed by atoms with Crippen LogP contribution < -0.4 is 15.4 Å². The van der Waals surface area contributed by atoms with Gasteiger partial charge in [0.2, 0.25) is 0 Å². The van der Waals surface area contributed by atoms with Gasteiger partial charge >= 0.3 is 0 Å². The molecule has 166 valence electrons. The summed E-state index contributed by atoms with van der Waals surface area (Å²) in [4.78, 5) is 10.3.